The van der Waals surface area contributed by atoms with Crippen LogP contribution in [0.15, 0.2) is 0 Å². The molecular weight excluding hydrogens is 208 g/mol. The summed E-state index contributed by atoms with van der Waals surface area (Å²) >= 11 is 0. The summed E-state index contributed by atoms with van der Waals surface area (Å²) in [5.74, 6) is -0.0711. The maximum atomic E-state index is 11.7. The lowest BCUT2D eigenvalue weighted by molar-refractivity contribution is -0.134. The molecule has 3 N–H and O–H groups in total. The Labute approximate surface area is 96.6 Å². The Bertz CT molecular complexity index is 225. The fourth-order valence-corrected chi connectivity index (χ4v) is 1.57. The second-order valence-corrected chi connectivity index (χ2v) is 4.92. The maximum Gasteiger partial charge on any atom is 0.250 e. The SMILES string of the molecule is CC(C)(CCO)CNC(=O)C1CNCCO1. The summed E-state index contributed by atoms with van der Waals surface area (Å²) in [6, 6.07) is 0. The van der Waals surface area contributed by atoms with Crippen LogP contribution < -0.4 is 10.6 Å². The average Bonchev–Trinajstić information content (AvgIpc) is 2.27. The van der Waals surface area contributed by atoms with Crippen molar-refractivity contribution in [2.75, 3.05) is 32.8 Å². The molecule has 1 saturated heterocycles. The van der Waals surface area contributed by atoms with Gasteiger partial charge < -0.3 is 20.5 Å². The Hall–Kier alpha value is -0.650. The molecule has 1 aliphatic heterocycles. The van der Waals surface area contributed by atoms with Crippen molar-refractivity contribution in [2.24, 2.45) is 5.41 Å². The topological polar surface area (TPSA) is 70.6 Å². The van der Waals surface area contributed by atoms with Crippen LogP contribution in [0.25, 0.3) is 0 Å². The molecule has 1 amide bonds. The van der Waals surface area contributed by atoms with Crippen molar-refractivity contribution >= 4 is 5.91 Å². The van der Waals surface area contributed by atoms with Gasteiger partial charge in [-0.15, -0.1) is 0 Å². The molecule has 1 fully saturated rings. The van der Waals surface area contributed by atoms with Gasteiger partial charge in [0.15, 0.2) is 0 Å². The number of aliphatic hydroxyl groups is 1. The number of amides is 1. The van der Waals surface area contributed by atoms with Gasteiger partial charge in [0.25, 0.3) is 0 Å². The van der Waals surface area contributed by atoms with Crippen LogP contribution in [0.4, 0.5) is 0 Å². The molecule has 5 nitrogen and oxygen atoms in total. The minimum Gasteiger partial charge on any atom is -0.396 e. The fraction of sp³-hybridized carbons (Fsp3) is 0.909. The molecule has 16 heavy (non-hydrogen) atoms. The number of carbonyl (C=O) groups is 1. The van der Waals surface area contributed by atoms with E-state index in [4.69, 9.17) is 9.84 Å². The second kappa shape index (κ2) is 6.18. The third-order valence-electron chi connectivity index (χ3n) is 2.75. The molecule has 1 aliphatic rings. The first kappa shape index (κ1) is 13.4. The fourth-order valence-electron chi connectivity index (χ4n) is 1.57. The largest absolute Gasteiger partial charge is 0.396 e. The first-order valence-corrected chi connectivity index (χ1v) is 5.76. The van der Waals surface area contributed by atoms with Crippen LogP contribution in [0.2, 0.25) is 0 Å². The number of carbonyl (C=O) groups excluding carboxylic acids is 1. The quantitative estimate of drug-likeness (QED) is 0.595. The van der Waals surface area contributed by atoms with E-state index in [1.807, 2.05) is 13.8 Å². The van der Waals surface area contributed by atoms with Gasteiger partial charge in [-0.25, -0.2) is 0 Å². The Balaban J connectivity index is 2.28. The molecule has 1 atom stereocenters. The van der Waals surface area contributed by atoms with Gasteiger partial charge in [0.2, 0.25) is 5.91 Å². The lowest BCUT2D eigenvalue weighted by Crippen LogP contribution is -2.49. The minimum absolute atomic E-state index is 0.0711. The first-order valence-electron chi connectivity index (χ1n) is 5.76. The highest BCUT2D eigenvalue weighted by molar-refractivity contribution is 5.81. The van der Waals surface area contributed by atoms with E-state index < -0.39 is 0 Å². The molecule has 1 unspecified atom stereocenters. The van der Waals surface area contributed by atoms with Gasteiger partial charge in [-0.05, 0) is 11.8 Å². The predicted octanol–water partition coefficient (Wildman–Crippen LogP) is -0.500. The van der Waals surface area contributed by atoms with Gasteiger partial charge in [0.1, 0.15) is 6.10 Å². The van der Waals surface area contributed by atoms with E-state index in [0.29, 0.717) is 26.1 Å². The molecular formula is C11H22N2O3. The number of rotatable bonds is 5. The van der Waals surface area contributed by atoms with Gasteiger partial charge in [-0.3, -0.25) is 4.79 Å². The van der Waals surface area contributed by atoms with Gasteiger partial charge in [-0.2, -0.15) is 0 Å². The van der Waals surface area contributed by atoms with E-state index in [0.717, 1.165) is 6.54 Å². The molecule has 0 aromatic rings. The molecule has 0 bridgehead atoms. The van der Waals surface area contributed by atoms with Crippen LogP contribution in [-0.2, 0) is 9.53 Å². The summed E-state index contributed by atoms with van der Waals surface area (Å²) in [6.45, 7) is 6.70. The van der Waals surface area contributed by atoms with E-state index in [2.05, 4.69) is 10.6 Å². The Morgan fingerprint density at radius 2 is 2.38 bits per heavy atom. The highest BCUT2D eigenvalue weighted by Crippen LogP contribution is 2.17. The summed E-state index contributed by atoms with van der Waals surface area (Å²) in [7, 11) is 0. The van der Waals surface area contributed by atoms with Crippen molar-refractivity contribution < 1.29 is 14.6 Å². The van der Waals surface area contributed by atoms with Gasteiger partial charge in [0.05, 0.1) is 6.61 Å². The molecule has 0 saturated carbocycles. The van der Waals surface area contributed by atoms with Crippen molar-refractivity contribution in [2.45, 2.75) is 26.4 Å². The third kappa shape index (κ3) is 4.47. The molecule has 0 radical (unpaired) electrons. The van der Waals surface area contributed by atoms with E-state index in [1.165, 1.54) is 0 Å². The van der Waals surface area contributed by atoms with E-state index in [9.17, 15) is 4.79 Å². The van der Waals surface area contributed by atoms with Crippen LogP contribution in [0, 0.1) is 5.41 Å². The van der Waals surface area contributed by atoms with Crippen LogP contribution in [0.1, 0.15) is 20.3 Å². The molecule has 94 valence electrons. The zero-order chi connectivity index (χ0) is 12.0. The summed E-state index contributed by atoms with van der Waals surface area (Å²) in [6.07, 6.45) is 0.301. The van der Waals surface area contributed by atoms with Crippen molar-refractivity contribution in [3.63, 3.8) is 0 Å². The first-order chi connectivity index (χ1) is 7.55. The molecule has 1 heterocycles. The molecule has 0 aromatic carbocycles. The van der Waals surface area contributed by atoms with Crippen molar-refractivity contribution in [1.82, 2.24) is 10.6 Å². The van der Waals surface area contributed by atoms with Crippen molar-refractivity contribution in [1.29, 1.82) is 0 Å². The maximum absolute atomic E-state index is 11.7. The standard InChI is InChI=1S/C11H22N2O3/c1-11(2,3-5-14)8-13-10(15)9-7-12-4-6-16-9/h9,12,14H,3-8H2,1-2H3,(H,13,15). The van der Waals surface area contributed by atoms with E-state index >= 15 is 0 Å². The smallest absolute Gasteiger partial charge is 0.250 e. The third-order valence-corrected chi connectivity index (χ3v) is 2.75. The number of ether oxygens (including phenoxy) is 1. The van der Waals surface area contributed by atoms with Crippen LogP contribution in [0.5, 0.6) is 0 Å². The highest BCUT2D eigenvalue weighted by atomic mass is 16.5. The summed E-state index contributed by atoms with van der Waals surface area (Å²) in [5.41, 5.74) is -0.0769. The summed E-state index contributed by atoms with van der Waals surface area (Å²) < 4.78 is 5.34. The molecule has 0 aromatic heterocycles. The van der Waals surface area contributed by atoms with E-state index in [-0.39, 0.29) is 24.0 Å². The van der Waals surface area contributed by atoms with Gasteiger partial charge >= 0.3 is 0 Å². The average molecular weight is 230 g/mol. The summed E-state index contributed by atoms with van der Waals surface area (Å²) in [5, 5.41) is 14.8. The highest BCUT2D eigenvalue weighted by Gasteiger charge is 2.24. The number of aliphatic hydroxyl groups excluding tert-OH is 1. The second-order valence-electron chi connectivity index (χ2n) is 4.92. The number of nitrogens with one attached hydrogen (secondary N) is 2. The lowest BCUT2D eigenvalue weighted by atomic mass is 9.90. The Morgan fingerprint density at radius 3 is 2.94 bits per heavy atom. The van der Waals surface area contributed by atoms with Crippen LogP contribution in [-0.4, -0.2) is 50.0 Å². The van der Waals surface area contributed by atoms with Gasteiger partial charge in [-0.1, -0.05) is 13.8 Å². The molecule has 0 spiro atoms. The van der Waals surface area contributed by atoms with E-state index in [1.54, 1.807) is 0 Å². The monoisotopic (exact) mass is 230 g/mol. The number of hydrogen-bond donors (Lipinski definition) is 3. The minimum atomic E-state index is -0.376. The van der Waals surface area contributed by atoms with Crippen LogP contribution >= 0.6 is 0 Å². The van der Waals surface area contributed by atoms with Crippen molar-refractivity contribution in [3.8, 4) is 0 Å². The van der Waals surface area contributed by atoms with Crippen molar-refractivity contribution in [3.05, 3.63) is 0 Å². The number of hydrogen-bond acceptors (Lipinski definition) is 4. The molecule has 1 rings (SSSR count). The number of morpholine rings is 1. The zero-order valence-electron chi connectivity index (χ0n) is 10.1. The normalized spacial score (nSPS) is 21.8. The Morgan fingerprint density at radius 1 is 1.62 bits per heavy atom. The lowest BCUT2D eigenvalue weighted by Gasteiger charge is -2.27. The van der Waals surface area contributed by atoms with Crippen LogP contribution in [0.3, 0.4) is 0 Å². The van der Waals surface area contributed by atoms with Gasteiger partial charge in [0, 0.05) is 26.2 Å². The molecule has 5 heteroatoms. The predicted molar refractivity (Wildman–Crippen MR) is 61.1 cm³/mol. The summed E-state index contributed by atoms with van der Waals surface area (Å²) in [4.78, 5) is 11.7. The molecule has 0 aliphatic carbocycles. The zero-order valence-corrected chi connectivity index (χ0v) is 10.1. The Kier molecular flexibility index (Phi) is 5.18.